The lowest BCUT2D eigenvalue weighted by molar-refractivity contribution is 0.0778. The normalized spacial score (nSPS) is 17.4. The third-order valence-electron chi connectivity index (χ3n) is 5.05. The van der Waals surface area contributed by atoms with Crippen LogP contribution in [0, 0.1) is 5.92 Å². The Bertz CT molecular complexity index is 882. The largest absolute Gasteiger partial charge is 0.371 e. The van der Waals surface area contributed by atoms with E-state index in [1.54, 1.807) is 10.7 Å². The number of benzene rings is 1. The Hall–Kier alpha value is -2.76. The van der Waals surface area contributed by atoms with E-state index in [1.165, 1.54) is 5.69 Å². The quantitative estimate of drug-likeness (QED) is 0.734. The summed E-state index contributed by atoms with van der Waals surface area (Å²) >= 11 is 0. The van der Waals surface area contributed by atoms with Gasteiger partial charge in [0.15, 0.2) is 0 Å². The lowest BCUT2D eigenvalue weighted by Crippen LogP contribution is -2.33. The zero-order chi connectivity index (χ0) is 17.4. The molecular formula is C19H23N5O. The maximum atomic E-state index is 12.9. The number of carbonyl (C=O) groups is 1. The smallest absolute Gasteiger partial charge is 0.259 e. The van der Waals surface area contributed by atoms with Crippen molar-refractivity contribution in [2.24, 2.45) is 13.0 Å². The zero-order valence-electron chi connectivity index (χ0n) is 14.7. The molecule has 6 heteroatoms. The van der Waals surface area contributed by atoms with Gasteiger partial charge in [-0.15, -0.1) is 0 Å². The Labute approximate surface area is 147 Å². The van der Waals surface area contributed by atoms with Crippen molar-refractivity contribution in [3.05, 3.63) is 54.5 Å². The standard InChI is InChI=1S/C19H23N5O/c1-21-10-11-24-18(21)17(12-20-24)19(25)22(2)13-15-8-9-23(14-15)16-6-4-3-5-7-16/h3-7,10-12,15H,8-9,13-14H2,1-2H3. The molecule has 3 aromatic rings. The molecule has 1 unspecified atom stereocenters. The summed E-state index contributed by atoms with van der Waals surface area (Å²) in [6, 6.07) is 10.5. The van der Waals surface area contributed by atoms with E-state index in [9.17, 15) is 4.79 Å². The number of amides is 1. The summed E-state index contributed by atoms with van der Waals surface area (Å²) in [7, 11) is 3.82. The van der Waals surface area contributed by atoms with E-state index in [4.69, 9.17) is 0 Å². The van der Waals surface area contributed by atoms with Crippen molar-refractivity contribution in [2.75, 3.05) is 31.6 Å². The van der Waals surface area contributed by atoms with Crippen molar-refractivity contribution in [3.8, 4) is 0 Å². The monoisotopic (exact) mass is 337 g/mol. The summed E-state index contributed by atoms with van der Waals surface area (Å²) in [5.41, 5.74) is 2.77. The fourth-order valence-corrected chi connectivity index (χ4v) is 3.73. The van der Waals surface area contributed by atoms with E-state index in [2.05, 4.69) is 34.3 Å². The van der Waals surface area contributed by atoms with Crippen molar-refractivity contribution in [1.29, 1.82) is 0 Å². The maximum Gasteiger partial charge on any atom is 0.259 e. The number of hydrogen-bond acceptors (Lipinski definition) is 3. The van der Waals surface area contributed by atoms with Crippen LogP contribution in [0.4, 0.5) is 5.69 Å². The molecule has 0 aliphatic carbocycles. The van der Waals surface area contributed by atoms with Gasteiger partial charge in [-0.05, 0) is 24.5 Å². The number of para-hydroxylation sites is 1. The predicted octanol–water partition coefficient (Wildman–Crippen LogP) is 2.27. The second-order valence-electron chi connectivity index (χ2n) is 6.86. The molecule has 0 radical (unpaired) electrons. The summed E-state index contributed by atoms with van der Waals surface area (Å²) in [5, 5.41) is 4.27. The molecule has 2 aromatic heterocycles. The summed E-state index contributed by atoms with van der Waals surface area (Å²) in [4.78, 5) is 17.1. The Morgan fingerprint density at radius 3 is 2.88 bits per heavy atom. The molecular weight excluding hydrogens is 314 g/mol. The molecule has 1 fully saturated rings. The first kappa shape index (κ1) is 15.7. The number of anilines is 1. The van der Waals surface area contributed by atoms with Crippen LogP contribution in [-0.4, -0.2) is 51.7 Å². The molecule has 0 N–H and O–H groups in total. The molecule has 1 atom stereocenters. The summed E-state index contributed by atoms with van der Waals surface area (Å²) in [5.74, 6) is 0.531. The number of fused-ring (bicyclic) bond motifs is 1. The van der Waals surface area contributed by atoms with E-state index in [0.29, 0.717) is 11.5 Å². The van der Waals surface area contributed by atoms with Gasteiger partial charge in [0, 0.05) is 51.8 Å². The van der Waals surface area contributed by atoms with Crippen LogP contribution in [0.2, 0.25) is 0 Å². The average Bonchev–Trinajstić information content (AvgIpc) is 3.33. The van der Waals surface area contributed by atoms with Crippen LogP contribution in [-0.2, 0) is 7.05 Å². The second-order valence-corrected chi connectivity index (χ2v) is 6.86. The highest BCUT2D eigenvalue weighted by Crippen LogP contribution is 2.24. The molecule has 1 aliphatic heterocycles. The van der Waals surface area contributed by atoms with Gasteiger partial charge in [0.1, 0.15) is 11.2 Å². The molecule has 0 saturated carbocycles. The van der Waals surface area contributed by atoms with Crippen LogP contribution in [0.5, 0.6) is 0 Å². The number of rotatable bonds is 4. The molecule has 4 rings (SSSR count). The fourth-order valence-electron chi connectivity index (χ4n) is 3.73. The fraction of sp³-hybridized carbons (Fsp3) is 0.368. The minimum Gasteiger partial charge on any atom is -0.371 e. The number of hydrogen-bond donors (Lipinski definition) is 0. The third-order valence-corrected chi connectivity index (χ3v) is 5.05. The minimum atomic E-state index is 0.0370. The van der Waals surface area contributed by atoms with Crippen LogP contribution >= 0.6 is 0 Å². The minimum absolute atomic E-state index is 0.0370. The van der Waals surface area contributed by atoms with Crippen LogP contribution in [0.15, 0.2) is 48.9 Å². The van der Waals surface area contributed by atoms with Crippen LogP contribution in [0.1, 0.15) is 16.8 Å². The van der Waals surface area contributed by atoms with Gasteiger partial charge in [0.05, 0.1) is 6.20 Å². The summed E-state index contributed by atoms with van der Waals surface area (Å²) in [6.45, 7) is 2.81. The Morgan fingerprint density at radius 1 is 1.28 bits per heavy atom. The molecule has 1 saturated heterocycles. The van der Waals surface area contributed by atoms with Gasteiger partial charge < -0.3 is 14.4 Å². The molecule has 1 amide bonds. The van der Waals surface area contributed by atoms with E-state index in [0.717, 1.165) is 31.7 Å². The Kier molecular flexibility index (Phi) is 3.95. The van der Waals surface area contributed by atoms with E-state index in [1.807, 2.05) is 42.0 Å². The number of carbonyl (C=O) groups excluding carboxylic acids is 1. The van der Waals surface area contributed by atoms with Gasteiger partial charge in [0.2, 0.25) is 0 Å². The number of aryl methyl sites for hydroxylation is 1. The van der Waals surface area contributed by atoms with E-state index in [-0.39, 0.29) is 5.91 Å². The van der Waals surface area contributed by atoms with Gasteiger partial charge in [-0.3, -0.25) is 4.79 Å². The number of nitrogens with zero attached hydrogens (tertiary/aromatic N) is 5. The Balaban J connectivity index is 1.43. The van der Waals surface area contributed by atoms with E-state index < -0.39 is 0 Å². The van der Waals surface area contributed by atoms with Crippen molar-refractivity contribution < 1.29 is 4.79 Å². The molecule has 1 aliphatic rings. The SMILES string of the molecule is CN(CC1CCN(c2ccccc2)C1)C(=O)c1cnn2ccn(C)c12. The first-order valence-electron chi connectivity index (χ1n) is 8.67. The zero-order valence-corrected chi connectivity index (χ0v) is 14.7. The van der Waals surface area contributed by atoms with Gasteiger partial charge in [-0.1, -0.05) is 18.2 Å². The lowest BCUT2D eigenvalue weighted by Gasteiger charge is -2.22. The topological polar surface area (TPSA) is 45.8 Å². The molecule has 0 spiro atoms. The van der Waals surface area contributed by atoms with Crippen molar-refractivity contribution >= 4 is 17.2 Å². The third kappa shape index (κ3) is 2.88. The molecule has 3 heterocycles. The van der Waals surface area contributed by atoms with Crippen molar-refractivity contribution in [2.45, 2.75) is 6.42 Å². The van der Waals surface area contributed by atoms with Crippen molar-refractivity contribution in [1.82, 2.24) is 19.1 Å². The molecule has 6 nitrogen and oxygen atoms in total. The van der Waals surface area contributed by atoms with Crippen LogP contribution in [0.3, 0.4) is 0 Å². The first-order valence-corrected chi connectivity index (χ1v) is 8.67. The van der Waals surface area contributed by atoms with Crippen molar-refractivity contribution in [3.63, 3.8) is 0 Å². The van der Waals surface area contributed by atoms with E-state index >= 15 is 0 Å². The highest BCUT2D eigenvalue weighted by Gasteiger charge is 2.26. The van der Waals surface area contributed by atoms with Gasteiger partial charge >= 0.3 is 0 Å². The summed E-state index contributed by atoms with van der Waals surface area (Å²) < 4.78 is 3.68. The predicted molar refractivity (Wildman–Crippen MR) is 97.9 cm³/mol. The summed E-state index contributed by atoms with van der Waals surface area (Å²) in [6.07, 6.45) is 6.55. The Morgan fingerprint density at radius 2 is 2.08 bits per heavy atom. The van der Waals surface area contributed by atoms with Crippen LogP contribution in [0.25, 0.3) is 5.65 Å². The highest BCUT2D eigenvalue weighted by atomic mass is 16.2. The van der Waals surface area contributed by atoms with Crippen LogP contribution < -0.4 is 4.90 Å². The van der Waals surface area contributed by atoms with Gasteiger partial charge in [-0.25, -0.2) is 4.52 Å². The lowest BCUT2D eigenvalue weighted by atomic mass is 10.1. The number of imidazole rings is 1. The number of aromatic nitrogens is 3. The molecule has 1 aromatic carbocycles. The van der Waals surface area contributed by atoms with Gasteiger partial charge in [0.25, 0.3) is 5.91 Å². The average molecular weight is 337 g/mol. The molecule has 0 bridgehead atoms. The van der Waals surface area contributed by atoms with Gasteiger partial charge in [-0.2, -0.15) is 5.10 Å². The molecule has 130 valence electrons. The molecule has 25 heavy (non-hydrogen) atoms. The second kappa shape index (κ2) is 6.27. The first-order chi connectivity index (χ1) is 12.1. The maximum absolute atomic E-state index is 12.9. The highest BCUT2D eigenvalue weighted by molar-refractivity contribution is 5.99.